The smallest absolute Gasteiger partial charge is 0.123 e. The largest absolute Gasteiger partial charge is 0.297 e. The molecular weight excluding hydrogens is 225 g/mol. The molecule has 0 radical (unpaired) electrons. The Bertz CT molecular complexity index is 419. The normalized spacial score (nSPS) is 24.8. The van der Waals surface area contributed by atoms with E-state index in [0.29, 0.717) is 11.5 Å². The van der Waals surface area contributed by atoms with Gasteiger partial charge < -0.3 is 0 Å². The lowest BCUT2D eigenvalue weighted by Crippen LogP contribution is -2.55. The Morgan fingerprint density at radius 3 is 2.44 bits per heavy atom. The minimum absolute atomic E-state index is 0.102. The van der Waals surface area contributed by atoms with E-state index in [-0.39, 0.29) is 5.82 Å². The molecule has 1 heterocycles. The van der Waals surface area contributed by atoms with Crippen molar-refractivity contribution >= 4 is 0 Å². The van der Waals surface area contributed by atoms with Gasteiger partial charge in [0, 0.05) is 5.54 Å². The molecule has 1 nitrogen and oxygen atoms in total. The number of hydrogen-bond donors (Lipinski definition) is 0. The third-order valence-corrected chi connectivity index (χ3v) is 5.11. The lowest BCUT2D eigenvalue weighted by atomic mass is 9.65. The Balaban J connectivity index is 1.87. The molecule has 2 fully saturated rings. The first-order valence-corrected chi connectivity index (χ1v) is 7.23. The van der Waals surface area contributed by atoms with Gasteiger partial charge in [-0.1, -0.05) is 19.1 Å². The summed E-state index contributed by atoms with van der Waals surface area (Å²) in [7, 11) is 0. The van der Waals surface area contributed by atoms with E-state index in [2.05, 4.69) is 17.9 Å². The van der Waals surface area contributed by atoms with E-state index in [4.69, 9.17) is 0 Å². The van der Waals surface area contributed by atoms with Crippen LogP contribution in [0.4, 0.5) is 4.39 Å². The molecule has 98 valence electrons. The van der Waals surface area contributed by atoms with Crippen LogP contribution in [-0.4, -0.2) is 23.5 Å². The van der Waals surface area contributed by atoms with Crippen LogP contribution in [0, 0.1) is 5.82 Å². The van der Waals surface area contributed by atoms with E-state index in [9.17, 15) is 4.39 Å². The number of hydrogen-bond acceptors (Lipinski definition) is 1. The molecule has 0 bridgehead atoms. The molecule has 1 aliphatic carbocycles. The van der Waals surface area contributed by atoms with Crippen molar-refractivity contribution in [2.75, 3.05) is 13.1 Å². The van der Waals surface area contributed by atoms with Crippen LogP contribution in [0.1, 0.15) is 50.5 Å². The van der Waals surface area contributed by atoms with E-state index in [1.807, 2.05) is 6.07 Å². The summed E-state index contributed by atoms with van der Waals surface area (Å²) in [6.45, 7) is 4.76. The van der Waals surface area contributed by atoms with Crippen LogP contribution in [-0.2, 0) is 0 Å². The fourth-order valence-corrected chi connectivity index (χ4v) is 3.81. The van der Waals surface area contributed by atoms with Gasteiger partial charge in [-0.3, -0.25) is 4.90 Å². The fourth-order valence-electron chi connectivity index (χ4n) is 3.81. The highest BCUT2D eigenvalue weighted by Gasteiger charge is 2.47. The second-order valence-electron chi connectivity index (χ2n) is 5.93. The predicted octanol–water partition coefficient (Wildman–Crippen LogP) is 3.95. The molecule has 0 spiro atoms. The standard InChI is InChI=1S/C16H22FN/c1-13(14-6-4-7-15(17)12-14)16(8-5-9-16)18-10-2-3-11-18/h4,6-7,12-13H,2-3,5,8-11H2,1H3. The van der Waals surface area contributed by atoms with Crippen LogP contribution < -0.4 is 0 Å². The topological polar surface area (TPSA) is 3.24 Å². The van der Waals surface area contributed by atoms with Crippen LogP contribution >= 0.6 is 0 Å². The van der Waals surface area contributed by atoms with Crippen LogP contribution in [0.2, 0.25) is 0 Å². The molecule has 2 aliphatic rings. The molecular formula is C16H22FN. The zero-order valence-corrected chi connectivity index (χ0v) is 11.2. The Morgan fingerprint density at radius 1 is 1.17 bits per heavy atom. The van der Waals surface area contributed by atoms with Crippen LogP contribution in [0.3, 0.4) is 0 Å². The van der Waals surface area contributed by atoms with Gasteiger partial charge in [0.05, 0.1) is 0 Å². The molecule has 1 unspecified atom stereocenters. The number of likely N-dealkylation sites (tertiary alicyclic amines) is 1. The second-order valence-corrected chi connectivity index (χ2v) is 5.93. The Labute approximate surface area is 109 Å². The van der Waals surface area contributed by atoms with Crippen LogP contribution in [0.15, 0.2) is 24.3 Å². The minimum Gasteiger partial charge on any atom is -0.297 e. The second kappa shape index (κ2) is 4.65. The predicted molar refractivity (Wildman–Crippen MR) is 72.2 cm³/mol. The van der Waals surface area contributed by atoms with Gasteiger partial charge in [0.25, 0.3) is 0 Å². The minimum atomic E-state index is -0.102. The summed E-state index contributed by atoms with van der Waals surface area (Å²) in [5, 5.41) is 0. The number of benzene rings is 1. The highest BCUT2D eigenvalue weighted by atomic mass is 19.1. The van der Waals surface area contributed by atoms with Crippen LogP contribution in [0.25, 0.3) is 0 Å². The third-order valence-electron chi connectivity index (χ3n) is 5.11. The van der Waals surface area contributed by atoms with E-state index >= 15 is 0 Å². The van der Waals surface area contributed by atoms with Crippen molar-refractivity contribution in [1.82, 2.24) is 4.90 Å². The summed E-state index contributed by atoms with van der Waals surface area (Å²) >= 11 is 0. The van der Waals surface area contributed by atoms with E-state index in [1.54, 1.807) is 12.1 Å². The average Bonchev–Trinajstić information content (AvgIpc) is 2.81. The first-order chi connectivity index (χ1) is 8.72. The first kappa shape index (κ1) is 12.2. The van der Waals surface area contributed by atoms with Gasteiger partial charge in [0.15, 0.2) is 0 Å². The van der Waals surface area contributed by atoms with Crippen molar-refractivity contribution in [3.63, 3.8) is 0 Å². The Kier molecular flexibility index (Phi) is 3.14. The molecule has 18 heavy (non-hydrogen) atoms. The lowest BCUT2D eigenvalue weighted by molar-refractivity contribution is 0.0144. The number of rotatable bonds is 3. The fraction of sp³-hybridized carbons (Fsp3) is 0.625. The summed E-state index contributed by atoms with van der Waals surface area (Å²) in [6, 6.07) is 7.20. The van der Waals surface area contributed by atoms with E-state index in [0.717, 1.165) is 0 Å². The molecule has 0 aromatic heterocycles. The quantitative estimate of drug-likeness (QED) is 0.781. The van der Waals surface area contributed by atoms with Crippen molar-refractivity contribution in [3.8, 4) is 0 Å². The van der Waals surface area contributed by atoms with Gasteiger partial charge in [0.1, 0.15) is 5.82 Å². The van der Waals surface area contributed by atoms with Crippen molar-refractivity contribution in [2.45, 2.75) is 50.5 Å². The molecule has 0 N–H and O–H groups in total. The van der Waals surface area contributed by atoms with Gasteiger partial charge in [-0.05, 0) is 68.8 Å². The van der Waals surface area contributed by atoms with Crippen molar-refractivity contribution in [2.24, 2.45) is 0 Å². The highest BCUT2D eigenvalue weighted by molar-refractivity contribution is 5.26. The van der Waals surface area contributed by atoms with E-state index in [1.165, 1.54) is 50.8 Å². The van der Waals surface area contributed by atoms with Gasteiger partial charge in [-0.2, -0.15) is 0 Å². The molecule has 3 rings (SSSR count). The molecule has 1 atom stereocenters. The van der Waals surface area contributed by atoms with E-state index < -0.39 is 0 Å². The van der Waals surface area contributed by atoms with Gasteiger partial charge in [0.2, 0.25) is 0 Å². The molecule has 1 aromatic carbocycles. The molecule has 0 amide bonds. The Morgan fingerprint density at radius 2 is 1.89 bits per heavy atom. The van der Waals surface area contributed by atoms with Gasteiger partial charge in [-0.25, -0.2) is 4.39 Å². The van der Waals surface area contributed by atoms with Gasteiger partial charge >= 0.3 is 0 Å². The zero-order chi connectivity index (χ0) is 12.6. The van der Waals surface area contributed by atoms with Gasteiger partial charge in [-0.15, -0.1) is 0 Å². The summed E-state index contributed by atoms with van der Waals surface area (Å²) in [4.78, 5) is 2.67. The van der Waals surface area contributed by atoms with Crippen LogP contribution in [0.5, 0.6) is 0 Å². The molecule has 1 aliphatic heterocycles. The maximum Gasteiger partial charge on any atom is 0.123 e. The highest BCUT2D eigenvalue weighted by Crippen LogP contribution is 2.49. The zero-order valence-electron chi connectivity index (χ0n) is 11.2. The van der Waals surface area contributed by atoms with Crippen molar-refractivity contribution in [3.05, 3.63) is 35.6 Å². The molecule has 1 aromatic rings. The number of halogens is 1. The summed E-state index contributed by atoms with van der Waals surface area (Å²) in [5.74, 6) is 0.343. The summed E-state index contributed by atoms with van der Waals surface area (Å²) in [5.41, 5.74) is 1.49. The Hall–Kier alpha value is -0.890. The summed E-state index contributed by atoms with van der Waals surface area (Å²) < 4.78 is 13.4. The first-order valence-electron chi connectivity index (χ1n) is 7.23. The maximum absolute atomic E-state index is 13.4. The van der Waals surface area contributed by atoms with Crippen molar-refractivity contribution < 1.29 is 4.39 Å². The molecule has 1 saturated carbocycles. The average molecular weight is 247 g/mol. The SMILES string of the molecule is CC(c1cccc(F)c1)C1(N2CCCC2)CCC1. The number of nitrogens with zero attached hydrogens (tertiary/aromatic N) is 1. The third kappa shape index (κ3) is 1.87. The summed E-state index contributed by atoms with van der Waals surface area (Å²) in [6.07, 6.45) is 6.56. The molecule has 2 heteroatoms. The molecule has 1 saturated heterocycles. The lowest BCUT2D eigenvalue weighted by Gasteiger charge is -2.53. The van der Waals surface area contributed by atoms with Crippen molar-refractivity contribution in [1.29, 1.82) is 0 Å². The monoisotopic (exact) mass is 247 g/mol. The maximum atomic E-state index is 13.4.